The second kappa shape index (κ2) is 12.2. The third-order valence-corrected chi connectivity index (χ3v) is 4.03. The van der Waals surface area contributed by atoms with Gasteiger partial charge in [-0.15, -0.1) is 0 Å². The van der Waals surface area contributed by atoms with Gasteiger partial charge in [0.1, 0.15) is 19.3 Å². The number of benzene rings is 2. The number of carbonyl (C=O) groups is 2. The van der Waals surface area contributed by atoms with Crippen molar-refractivity contribution in [2.75, 3.05) is 20.3 Å². The Morgan fingerprint density at radius 1 is 0.968 bits per heavy atom. The molecule has 3 N–H and O–H groups in total. The van der Waals surface area contributed by atoms with Crippen LogP contribution in [-0.4, -0.2) is 53.7 Å². The Bertz CT molecular complexity index is 909. The van der Waals surface area contributed by atoms with E-state index in [-0.39, 0.29) is 30.3 Å². The molecule has 2 aromatic carbocycles. The van der Waals surface area contributed by atoms with E-state index in [0.717, 1.165) is 11.6 Å². The zero-order valence-corrected chi connectivity index (χ0v) is 16.9. The minimum atomic E-state index is -1.18. The maximum Gasteiger partial charge on any atom is 0.330 e. The van der Waals surface area contributed by atoms with Crippen LogP contribution in [0.5, 0.6) is 11.5 Å². The van der Waals surface area contributed by atoms with Crippen molar-refractivity contribution in [3.8, 4) is 11.5 Å². The van der Waals surface area contributed by atoms with Crippen molar-refractivity contribution in [2.24, 2.45) is 0 Å². The van der Waals surface area contributed by atoms with Crippen molar-refractivity contribution >= 4 is 24.1 Å². The number of methoxy groups -OCH3 is 1. The Balaban J connectivity index is 1.78. The first-order valence-corrected chi connectivity index (χ1v) is 9.36. The van der Waals surface area contributed by atoms with Crippen LogP contribution in [0.1, 0.15) is 16.7 Å². The molecule has 164 valence electrons. The van der Waals surface area contributed by atoms with Gasteiger partial charge < -0.3 is 29.5 Å². The van der Waals surface area contributed by atoms with Gasteiger partial charge in [0.2, 0.25) is 0 Å². The molecule has 8 nitrogen and oxygen atoms in total. The summed E-state index contributed by atoms with van der Waals surface area (Å²) in [7, 11) is 1.36. The predicted molar refractivity (Wildman–Crippen MR) is 113 cm³/mol. The van der Waals surface area contributed by atoms with E-state index in [0.29, 0.717) is 5.56 Å². The molecule has 0 aliphatic carbocycles. The highest BCUT2D eigenvalue weighted by Gasteiger charge is 2.11. The number of rotatable bonds is 10. The topological polar surface area (TPSA) is 123 Å². The zero-order chi connectivity index (χ0) is 22.6. The molecule has 0 aliphatic rings. The minimum Gasteiger partial charge on any atom is -0.504 e. The molecular formula is C23H24O8. The highest BCUT2D eigenvalue weighted by molar-refractivity contribution is 5.87. The van der Waals surface area contributed by atoms with Gasteiger partial charge in [0, 0.05) is 17.7 Å². The molecule has 0 fully saturated rings. The van der Waals surface area contributed by atoms with Crippen molar-refractivity contribution in [3.05, 3.63) is 71.3 Å². The fourth-order valence-corrected chi connectivity index (χ4v) is 2.46. The third kappa shape index (κ3) is 7.96. The van der Waals surface area contributed by atoms with Crippen molar-refractivity contribution in [3.63, 3.8) is 0 Å². The van der Waals surface area contributed by atoms with Gasteiger partial charge in [0.15, 0.2) is 11.5 Å². The van der Waals surface area contributed by atoms with Crippen molar-refractivity contribution < 1.29 is 39.1 Å². The van der Waals surface area contributed by atoms with E-state index in [9.17, 15) is 24.9 Å². The Labute approximate surface area is 179 Å². The number of carbonyl (C=O) groups excluding carboxylic acids is 2. The number of hydrogen-bond donors (Lipinski definition) is 3. The molecule has 0 heterocycles. The first-order valence-electron chi connectivity index (χ1n) is 9.36. The van der Waals surface area contributed by atoms with Crippen LogP contribution >= 0.6 is 0 Å². The summed E-state index contributed by atoms with van der Waals surface area (Å²) < 4.78 is 14.8. The second-order valence-corrected chi connectivity index (χ2v) is 6.38. The van der Waals surface area contributed by atoms with Crippen LogP contribution in [0.3, 0.4) is 0 Å². The summed E-state index contributed by atoms with van der Waals surface area (Å²) in [5.41, 5.74) is 1.57. The average Bonchev–Trinajstić information content (AvgIpc) is 2.79. The number of aliphatic hydroxyl groups excluding tert-OH is 2. The van der Waals surface area contributed by atoms with Gasteiger partial charge in [0.25, 0.3) is 0 Å². The molecule has 0 radical (unpaired) electrons. The first-order chi connectivity index (χ1) is 14.9. The first kappa shape index (κ1) is 23.7. The fraction of sp³-hybridized carbons (Fsp3) is 0.217. The van der Waals surface area contributed by atoms with Crippen LogP contribution in [0.25, 0.3) is 12.2 Å². The molecule has 0 saturated carbocycles. The van der Waals surface area contributed by atoms with Crippen LogP contribution in [-0.2, 0) is 25.7 Å². The van der Waals surface area contributed by atoms with E-state index in [1.54, 1.807) is 6.08 Å². The van der Waals surface area contributed by atoms with E-state index in [4.69, 9.17) is 14.2 Å². The van der Waals surface area contributed by atoms with E-state index >= 15 is 0 Å². The number of aromatic hydroxyl groups is 1. The second-order valence-electron chi connectivity index (χ2n) is 6.38. The SMILES string of the molecule is COc1cc(/C=C/C(=O)OCC(O)COC(=O)/C=C/c2ccccc2)cc(CO)c1O. The highest BCUT2D eigenvalue weighted by Crippen LogP contribution is 2.31. The number of aliphatic hydroxyl groups is 2. The molecule has 2 rings (SSSR count). The van der Waals surface area contributed by atoms with Gasteiger partial charge in [0.05, 0.1) is 13.7 Å². The van der Waals surface area contributed by atoms with Gasteiger partial charge in [-0.2, -0.15) is 0 Å². The number of ether oxygens (including phenoxy) is 3. The van der Waals surface area contributed by atoms with Gasteiger partial charge in [-0.25, -0.2) is 9.59 Å². The van der Waals surface area contributed by atoms with Crippen LogP contribution in [0.15, 0.2) is 54.6 Å². The van der Waals surface area contributed by atoms with Gasteiger partial charge in [-0.1, -0.05) is 30.3 Å². The molecule has 8 heteroatoms. The van der Waals surface area contributed by atoms with Gasteiger partial charge in [-0.05, 0) is 35.4 Å². The van der Waals surface area contributed by atoms with E-state index in [1.807, 2.05) is 30.3 Å². The molecule has 0 aromatic heterocycles. The van der Waals surface area contributed by atoms with Crippen LogP contribution in [0.4, 0.5) is 0 Å². The third-order valence-electron chi connectivity index (χ3n) is 4.03. The highest BCUT2D eigenvalue weighted by atomic mass is 16.6. The summed E-state index contributed by atoms with van der Waals surface area (Å²) >= 11 is 0. The maximum absolute atomic E-state index is 11.8. The Morgan fingerprint density at radius 3 is 2.10 bits per heavy atom. The molecule has 0 aliphatic heterocycles. The maximum atomic E-state index is 11.8. The van der Waals surface area contributed by atoms with Crippen LogP contribution in [0.2, 0.25) is 0 Å². The molecular weight excluding hydrogens is 404 g/mol. The predicted octanol–water partition coefficient (Wildman–Crippen LogP) is 2.07. The summed E-state index contributed by atoms with van der Waals surface area (Å²) in [6.07, 6.45) is 4.17. The molecule has 1 unspecified atom stereocenters. The summed E-state index contributed by atoms with van der Waals surface area (Å²) in [4.78, 5) is 23.5. The Kier molecular flexibility index (Phi) is 9.28. The lowest BCUT2D eigenvalue weighted by Crippen LogP contribution is -2.24. The van der Waals surface area contributed by atoms with Crippen LogP contribution in [0, 0.1) is 0 Å². The summed E-state index contributed by atoms with van der Waals surface area (Å²) in [5.74, 6) is -1.39. The van der Waals surface area contributed by atoms with Gasteiger partial charge >= 0.3 is 11.9 Å². The molecule has 31 heavy (non-hydrogen) atoms. The van der Waals surface area contributed by atoms with Crippen molar-refractivity contribution in [1.29, 1.82) is 0 Å². The number of esters is 2. The lowest BCUT2D eigenvalue weighted by molar-refractivity contribution is -0.146. The summed E-state index contributed by atoms with van der Waals surface area (Å²) in [6, 6.07) is 12.1. The molecule has 0 bridgehead atoms. The minimum absolute atomic E-state index is 0.151. The number of hydrogen-bond acceptors (Lipinski definition) is 8. The van der Waals surface area contributed by atoms with Crippen molar-refractivity contribution in [2.45, 2.75) is 12.7 Å². The molecule has 0 saturated heterocycles. The zero-order valence-electron chi connectivity index (χ0n) is 16.9. The monoisotopic (exact) mass is 428 g/mol. The molecule has 0 spiro atoms. The standard InChI is InChI=1S/C23H24O8/c1-29-20-12-17(11-18(13-24)23(20)28)8-10-22(27)31-15-19(25)14-30-21(26)9-7-16-5-3-2-4-6-16/h2-12,19,24-25,28H,13-15H2,1H3/b9-7+,10-8+. The lowest BCUT2D eigenvalue weighted by Gasteiger charge is -2.10. The largest absolute Gasteiger partial charge is 0.504 e. The Morgan fingerprint density at radius 2 is 1.55 bits per heavy atom. The Hall–Kier alpha value is -3.62. The summed E-state index contributed by atoms with van der Waals surface area (Å²) in [6.45, 7) is -1.09. The molecule has 0 amide bonds. The van der Waals surface area contributed by atoms with Gasteiger partial charge in [-0.3, -0.25) is 0 Å². The normalized spacial score (nSPS) is 12.1. The van der Waals surface area contributed by atoms with E-state index < -0.39 is 24.6 Å². The fourth-order valence-electron chi connectivity index (χ4n) is 2.46. The van der Waals surface area contributed by atoms with Crippen molar-refractivity contribution in [1.82, 2.24) is 0 Å². The molecule has 2 aromatic rings. The lowest BCUT2D eigenvalue weighted by atomic mass is 10.1. The average molecular weight is 428 g/mol. The van der Waals surface area contributed by atoms with E-state index in [2.05, 4.69) is 0 Å². The van der Waals surface area contributed by atoms with Crippen LogP contribution < -0.4 is 4.74 Å². The quantitative estimate of drug-likeness (QED) is 0.388. The summed E-state index contributed by atoms with van der Waals surface area (Å²) in [5, 5.41) is 28.9. The smallest absolute Gasteiger partial charge is 0.330 e. The van der Waals surface area contributed by atoms with E-state index in [1.165, 1.54) is 31.4 Å². The molecule has 1 atom stereocenters. The number of phenols is 1.